The fraction of sp³-hybridized carbons (Fsp3) is 0.500. The lowest BCUT2D eigenvalue weighted by atomic mass is 9.95. The van der Waals surface area contributed by atoms with Crippen LogP contribution in [0.1, 0.15) is 71.7 Å². The quantitative estimate of drug-likeness (QED) is 0.433. The van der Waals surface area contributed by atoms with Gasteiger partial charge in [-0.2, -0.15) is 4.98 Å². The number of hydrogen-bond acceptors (Lipinski definition) is 4. The minimum Gasteiger partial charge on any atom is -0.293 e. The first-order valence-corrected chi connectivity index (χ1v) is 11.0. The number of benzene rings is 1. The van der Waals surface area contributed by atoms with Crippen LogP contribution < -0.4 is 5.69 Å². The van der Waals surface area contributed by atoms with Gasteiger partial charge in [-0.3, -0.25) is 9.36 Å². The summed E-state index contributed by atoms with van der Waals surface area (Å²) < 4.78 is 1.99. The molecule has 5 heteroatoms. The molecule has 0 unspecified atom stereocenters. The van der Waals surface area contributed by atoms with Crippen LogP contribution >= 0.6 is 11.8 Å². The molecular formula is C22H26N2O2S. The fourth-order valence-electron chi connectivity index (χ4n) is 4.34. The van der Waals surface area contributed by atoms with Gasteiger partial charge >= 0.3 is 5.69 Å². The van der Waals surface area contributed by atoms with E-state index in [0.717, 1.165) is 48.3 Å². The maximum absolute atomic E-state index is 12.8. The monoisotopic (exact) mass is 382 g/mol. The molecule has 1 aromatic heterocycles. The van der Waals surface area contributed by atoms with Gasteiger partial charge in [0.25, 0.3) is 0 Å². The van der Waals surface area contributed by atoms with Crippen molar-refractivity contribution in [3.8, 4) is 0 Å². The zero-order chi connectivity index (χ0) is 18.8. The summed E-state index contributed by atoms with van der Waals surface area (Å²) in [6.07, 6.45) is 8.86. The maximum atomic E-state index is 12.8. The number of carbonyl (C=O) groups excluding carboxylic acids is 1. The number of aryl methyl sites for hydroxylation is 1. The molecule has 1 fully saturated rings. The fourth-order valence-corrected chi connectivity index (χ4v) is 5.31. The van der Waals surface area contributed by atoms with Crippen LogP contribution in [-0.2, 0) is 12.8 Å². The molecule has 2 aromatic rings. The van der Waals surface area contributed by atoms with Crippen molar-refractivity contribution in [3.63, 3.8) is 0 Å². The van der Waals surface area contributed by atoms with E-state index in [-0.39, 0.29) is 11.5 Å². The number of nitrogens with zero attached hydrogens (tertiary/aromatic N) is 2. The van der Waals surface area contributed by atoms with E-state index < -0.39 is 0 Å². The molecule has 27 heavy (non-hydrogen) atoms. The molecular weight excluding hydrogens is 356 g/mol. The first-order valence-electron chi connectivity index (χ1n) is 10.0. The molecule has 0 amide bonds. The van der Waals surface area contributed by atoms with Gasteiger partial charge in [0.15, 0.2) is 5.78 Å². The second-order valence-corrected chi connectivity index (χ2v) is 8.68. The number of rotatable bonds is 5. The van der Waals surface area contributed by atoms with Crippen LogP contribution in [-0.4, -0.2) is 21.1 Å². The average Bonchev–Trinajstić information content (AvgIpc) is 3.16. The highest BCUT2D eigenvalue weighted by Gasteiger charge is 2.27. The molecule has 0 bridgehead atoms. The van der Waals surface area contributed by atoms with E-state index in [2.05, 4.69) is 4.98 Å². The highest BCUT2D eigenvalue weighted by Crippen LogP contribution is 2.34. The lowest BCUT2D eigenvalue weighted by molar-refractivity contribution is 0.102. The molecule has 4 rings (SSSR count). The summed E-state index contributed by atoms with van der Waals surface area (Å²) in [4.78, 5) is 29.7. The van der Waals surface area contributed by atoms with Crippen LogP contribution in [0.3, 0.4) is 0 Å². The minimum atomic E-state index is -0.118. The Morgan fingerprint density at radius 2 is 1.85 bits per heavy atom. The standard InChI is InChI=1S/C22H26N2O2S/c1-15-10-12-16(13-11-15)20(25)14-27-21-18-8-5-9-19(18)24(22(26)23-21)17-6-3-2-4-7-17/h10-13,17H,2-9,14H2,1H3. The molecule has 0 aliphatic heterocycles. The lowest BCUT2D eigenvalue weighted by Gasteiger charge is -2.26. The summed E-state index contributed by atoms with van der Waals surface area (Å²) in [7, 11) is 0. The third-order valence-corrected chi connectivity index (χ3v) is 6.81. The first kappa shape index (κ1) is 18.5. The van der Waals surface area contributed by atoms with E-state index in [9.17, 15) is 9.59 Å². The molecule has 0 atom stereocenters. The van der Waals surface area contributed by atoms with Gasteiger partial charge in [-0.1, -0.05) is 60.9 Å². The molecule has 0 spiro atoms. The van der Waals surface area contributed by atoms with Crippen molar-refractivity contribution in [1.82, 2.24) is 9.55 Å². The van der Waals surface area contributed by atoms with E-state index in [4.69, 9.17) is 0 Å². The topological polar surface area (TPSA) is 52.0 Å². The first-order chi connectivity index (χ1) is 13.1. The van der Waals surface area contributed by atoms with Crippen molar-refractivity contribution in [2.24, 2.45) is 0 Å². The van der Waals surface area contributed by atoms with Crippen molar-refractivity contribution in [3.05, 3.63) is 57.1 Å². The highest BCUT2D eigenvalue weighted by molar-refractivity contribution is 8.00. The number of thioether (sulfide) groups is 1. The number of hydrogen-bond donors (Lipinski definition) is 0. The van der Waals surface area contributed by atoms with Gasteiger partial charge in [0, 0.05) is 22.9 Å². The van der Waals surface area contributed by atoms with Gasteiger partial charge in [0.05, 0.1) is 5.75 Å². The van der Waals surface area contributed by atoms with Crippen LogP contribution in [0.15, 0.2) is 34.1 Å². The van der Waals surface area contributed by atoms with E-state index in [1.807, 2.05) is 35.8 Å². The van der Waals surface area contributed by atoms with Crippen molar-refractivity contribution >= 4 is 17.5 Å². The molecule has 1 saturated carbocycles. The predicted octanol–water partition coefficient (Wildman–Crippen LogP) is 4.52. The van der Waals surface area contributed by atoms with Gasteiger partial charge in [-0.15, -0.1) is 0 Å². The van der Waals surface area contributed by atoms with Crippen molar-refractivity contribution < 1.29 is 4.79 Å². The second kappa shape index (κ2) is 8.01. The summed E-state index contributed by atoms with van der Waals surface area (Å²) in [6.45, 7) is 2.01. The van der Waals surface area contributed by atoms with Gasteiger partial charge < -0.3 is 0 Å². The van der Waals surface area contributed by atoms with Crippen molar-refractivity contribution in [1.29, 1.82) is 0 Å². The Bertz CT molecular complexity index is 896. The summed E-state index contributed by atoms with van der Waals surface area (Å²) in [5.74, 6) is 0.417. The van der Waals surface area contributed by atoms with E-state index in [1.54, 1.807) is 0 Å². The number of Topliss-reactive ketones (excluding diaryl/α,β-unsaturated/α-hetero) is 1. The Kier molecular flexibility index (Phi) is 5.48. The van der Waals surface area contributed by atoms with Gasteiger partial charge in [-0.05, 0) is 39.0 Å². The molecule has 2 aliphatic rings. The van der Waals surface area contributed by atoms with Gasteiger partial charge in [-0.25, -0.2) is 4.79 Å². The predicted molar refractivity (Wildman–Crippen MR) is 109 cm³/mol. The molecule has 0 N–H and O–H groups in total. The maximum Gasteiger partial charge on any atom is 0.349 e. The van der Waals surface area contributed by atoms with Crippen LogP contribution in [0, 0.1) is 6.92 Å². The van der Waals surface area contributed by atoms with Crippen LogP contribution in [0.2, 0.25) is 0 Å². The average molecular weight is 383 g/mol. The lowest BCUT2D eigenvalue weighted by Crippen LogP contribution is -2.32. The zero-order valence-corrected chi connectivity index (χ0v) is 16.7. The Labute approximate surface area is 164 Å². The molecule has 0 radical (unpaired) electrons. The number of ketones is 1. The van der Waals surface area contributed by atoms with Crippen molar-refractivity contribution in [2.45, 2.75) is 69.4 Å². The number of fused-ring (bicyclic) bond motifs is 1. The third kappa shape index (κ3) is 3.88. The van der Waals surface area contributed by atoms with E-state index in [0.29, 0.717) is 11.8 Å². The van der Waals surface area contributed by atoms with E-state index >= 15 is 0 Å². The van der Waals surface area contributed by atoms with Gasteiger partial charge in [0.2, 0.25) is 0 Å². The molecule has 1 heterocycles. The van der Waals surface area contributed by atoms with E-state index in [1.165, 1.54) is 42.3 Å². The summed E-state index contributed by atoms with van der Waals surface area (Å²) in [5, 5.41) is 0.778. The Morgan fingerprint density at radius 3 is 2.59 bits per heavy atom. The van der Waals surface area contributed by atoms with Gasteiger partial charge in [0.1, 0.15) is 5.03 Å². The summed E-state index contributed by atoms with van der Waals surface area (Å²) in [5.41, 5.74) is 4.15. The minimum absolute atomic E-state index is 0.0880. The second-order valence-electron chi connectivity index (χ2n) is 7.72. The molecule has 1 aromatic carbocycles. The summed E-state index contributed by atoms with van der Waals surface area (Å²) in [6, 6.07) is 7.98. The normalized spacial score (nSPS) is 17.1. The largest absolute Gasteiger partial charge is 0.349 e. The molecule has 2 aliphatic carbocycles. The van der Waals surface area contributed by atoms with Crippen molar-refractivity contribution in [2.75, 3.05) is 5.75 Å². The highest BCUT2D eigenvalue weighted by atomic mass is 32.2. The number of aromatic nitrogens is 2. The Balaban J connectivity index is 1.56. The third-order valence-electron chi connectivity index (χ3n) is 5.79. The summed E-state index contributed by atoms with van der Waals surface area (Å²) >= 11 is 1.43. The molecule has 0 saturated heterocycles. The smallest absolute Gasteiger partial charge is 0.293 e. The van der Waals surface area contributed by atoms with Crippen LogP contribution in [0.4, 0.5) is 0 Å². The molecule has 4 nitrogen and oxygen atoms in total. The van der Waals surface area contributed by atoms with Crippen LogP contribution in [0.25, 0.3) is 0 Å². The number of carbonyl (C=O) groups is 1. The zero-order valence-electron chi connectivity index (χ0n) is 15.9. The Hall–Kier alpha value is -1.88. The SMILES string of the molecule is Cc1ccc(C(=O)CSc2nc(=O)n(C3CCCCC3)c3c2CCC3)cc1. The molecule has 142 valence electrons. The Morgan fingerprint density at radius 1 is 1.11 bits per heavy atom. The van der Waals surface area contributed by atoms with Crippen LogP contribution in [0.5, 0.6) is 0 Å².